The van der Waals surface area contributed by atoms with E-state index >= 15 is 0 Å². The number of hydrogen-bond donors (Lipinski definition) is 1. The van der Waals surface area contributed by atoms with Crippen LogP contribution in [0.2, 0.25) is 5.02 Å². The summed E-state index contributed by atoms with van der Waals surface area (Å²) in [5.74, 6) is 0. The Balaban J connectivity index is 2.00. The second-order valence-corrected chi connectivity index (χ2v) is 4.91. The lowest BCUT2D eigenvalue weighted by Gasteiger charge is -2.06. The van der Waals surface area contributed by atoms with Gasteiger partial charge in [-0.05, 0) is 25.5 Å². The molecule has 0 saturated carbocycles. The summed E-state index contributed by atoms with van der Waals surface area (Å²) >= 11 is 7.27. The van der Waals surface area contributed by atoms with Crippen molar-refractivity contribution >= 4 is 22.9 Å². The first-order chi connectivity index (χ1) is 7.47. The van der Waals surface area contributed by atoms with E-state index in [1.54, 1.807) is 11.3 Å². The minimum atomic E-state index is -4.03. The highest BCUT2D eigenvalue weighted by atomic mass is 35.5. The summed E-state index contributed by atoms with van der Waals surface area (Å²) in [6, 6.07) is 1.86. The summed E-state index contributed by atoms with van der Waals surface area (Å²) in [6.07, 6.45) is -4.00. The lowest BCUT2D eigenvalue weighted by molar-refractivity contribution is -0.135. The van der Waals surface area contributed by atoms with Gasteiger partial charge < -0.3 is 5.32 Å². The lowest BCUT2D eigenvalue weighted by atomic mass is 10.2. The summed E-state index contributed by atoms with van der Waals surface area (Å²) in [4.78, 5) is 1.10. The van der Waals surface area contributed by atoms with E-state index in [2.05, 4.69) is 5.32 Å². The third-order valence-electron chi connectivity index (χ3n) is 1.98. The van der Waals surface area contributed by atoms with Crippen molar-refractivity contribution < 1.29 is 13.2 Å². The fraction of sp³-hybridized carbons (Fsp3) is 0.600. The maximum atomic E-state index is 11.8. The van der Waals surface area contributed by atoms with Crippen LogP contribution in [0.5, 0.6) is 0 Å². The highest BCUT2D eigenvalue weighted by Gasteiger charge is 2.25. The number of thiophene rings is 1. The molecule has 1 rings (SSSR count). The third kappa shape index (κ3) is 6.35. The Labute approximate surface area is 102 Å². The molecule has 0 aromatic carbocycles. The van der Waals surface area contributed by atoms with Gasteiger partial charge in [0.05, 0.1) is 5.02 Å². The normalized spacial score (nSPS) is 12.0. The monoisotopic (exact) mass is 271 g/mol. The zero-order valence-electron chi connectivity index (χ0n) is 8.61. The highest BCUT2D eigenvalue weighted by molar-refractivity contribution is 7.10. The van der Waals surface area contributed by atoms with E-state index in [4.69, 9.17) is 11.6 Å². The first kappa shape index (κ1) is 13.8. The molecule has 1 nitrogen and oxygen atoms in total. The molecule has 1 aromatic heterocycles. The van der Waals surface area contributed by atoms with Crippen LogP contribution in [0.3, 0.4) is 0 Å². The standard InChI is InChI=1S/C10H13ClF3NS/c11-8-5-9(16-7-8)6-15-4-2-1-3-10(12,13)14/h5,7,15H,1-4,6H2. The summed E-state index contributed by atoms with van der Waals surface area (Å²) in [7, 11) is 0. The molecule has 0 bridgehead atoms. The second-order valence-electron chi connectivity index (χ2n) is 3.48. The number of hydrogen-bond acceptors (Lipinski definition) is 2. The van der Waals surface area contributed by atoms with Gasteiger partial charge in [0.25, 0.3) is 0 Å². The minimum absolute atomic E-state index is 0.182. The van der Waals surface area contributed by atoms with Gasteiger partial charge in [0.15, 0.2) is 0 Å². The fourth-order valence-electron chi connectivity index (χ4n) is 1.23. The number of rotatable bonds is 6. The molecule has 0 fully saturated rings. The van der Waals surface area contributed by atoms with Gasteiger partial charge in [-0.3, -0.25) is 0 Å². The predicted octanol–water partition coefficient (Wildman–Crippen LogP) is 4.22. The van der Waals surface area contributed by atoms with E-state index in [-0.39, 0.29) is 6.42 Å². The van der Waals surface area contributed by atoms with Crippen LogP contribution in [-0.2, 0) is 6.54 Å². The quantitative estimate of drug-likeness (QED) is 0.764. The summed E-state index contributed by atoms with van der Waals surface area (Å²) in [5, 5.41) is 5.63. The molecule has 0 amide bonds. The molecule has 0 saturated heterocycles. The van der Waals surface area contributed by atoms with Gasteiger partial charge in [0, 0.05) is 23.2 Å². The van der Waals surface area contributed by atoms with Gasteiger partial charge in [-0.2, -0.15) is 13.2 Å². The maximum Gasteiger partial charge on any atom is 0.389 e. The van der Waals surface area contributed by atoms with Crippen molar-refractivity contribution in [3.63, 3.8) is 0 Å². The third-order valence-corrected chi connectivity index (χ3v) is 3.27. The molecule has 0 spiro atoms. The van der Waals surface area contributed by atoms with E-state index in [0.717, 1.165) is 4.88 Å². The molecule has 0 aliphatic rings. The molecule has 92 valence electrons. The maximum absolute atomic E-state index is 11.8. The molecule has 0 aliphatic heterocycles. The largest absolute Gasteiger partial charge is 0.389 e. The number of unbranched alkanes of at least 4 members (excludes halogenated alkanes) is 1. The first-order valence-corrected chi connectivity index (χ1v) is 6.23. The van der Waals surface area contributed by atoms with Crippen molar-refractivity contribution in [1.82, 2.24) is 5.32 Å². The SMILES string of the molecule is FC(F)(F)CCCCNCc1cc(Cl)cs1. The first-order valence-electron chi connectivity index (χ1n) is 4.98. The topological polar surface area (TPSA) is 12.0 Å². The van der Waals surface area contributed by atoms with Crippen LogP contribution >= 0.6 is 22.9 Å². The minimum Gasteiger partial charge on any atom is -0.312 e. The molecule has 1 aromatic rings. The zero-order valence-corrected chi connectivity index (χ0v) is 10.2. The lowest BCUT2D eigenvalue weighted by Crippen LogP contribution is -2.15. The van der Waals surface area contributed by atoms with Crippen molar-refractivity contribution in [2.24, 2.45) is 0 Å². The Kier molecular flexibility index (Phi) is 5.58. The molecule has 16 heavy (non-hydrogen) atoms. The van der Waals surface area contributed by atoms with Crippen molar-refractivity contribution in [2.75, 3.05) is 6.54 Å². The van der Waals surface area contributed by atoms with Crippen LogP contribution in [0.15, 0.2) is 11.4 Å². The van der Waals surface area contributed by atoms with Gasteiger partial charge in [-0.25, -0.2) is 0 Å². The second kappa shape index (κ2) is 6.47. The fourth-order valence-corrected chi connectivity index (χ4v) is 2.28. The Bertz CT molecular complexity index is 311. The van der Waals surface area contributed by atoms with Crippen LogP contribution in [0.1, 0.15) is 24.1 Å². The number of halogens is 4. The Morgan fingerprint density at radius 3 is 2.62 bits per heavy atom. The summed E-state index contributed by atoms with van der Waals surface area (Å²) in [5.41, 5.74) is 0. The van der Waals surface area contributed by atoms with Crippen LogP contribution in [-0.4, -0.2) is 12.7 Å². The number of nitrogens with one attached hydrogen (secondary N) is 1. The Morgan fingerprint density at radius 2 is 2.06 bits per heavy atom. The van der Waals surface area contributed by atoms with E-state index in [9.17, 15) is 13.2 Å². The van der Waals surface area contributed by atoms with Crippen LogP contribution in [0.25, 0.3) is 0 Å². The van der Waals surface area contributed by atoms with E-state index in [0.29, 0.717) is 24.5 Å². The van der Waals surface area contributed by atoms with Crippen LogP contribution < -0.4 is 5.32 Å². The Hall–Kier alpha value is -0.260. The molecular formula is C10H13ClF3NS. The average Bonchev–Trinajstić information content (AvgIpc) is 2.56. The molecule has 0 atom stereocenters. The molecule has 6 heteroatoms. The molecule has 1 N–H and O–H groups in total. The van der Waals surface area contributed by atoms with Gasteiger partial charge in [0.2, 0.25) is 0 Å². The summed E-state index contributed by atoms with van der Waals surface area (Å²) < 4.78 is 35.4. The van der Waals surface area contributed by atoms with Crippen molar-refractivity contribution in [1.29, 1.82) is 0 Å². The zero-order chi connectivity index (χ0) is 12.0. The van der Waals surface area contributed by atoms with Crippen LogP contribution in [0.4, 0.5) is 13.2 Å². The smallest absolute Gasteiger partial charge is 0.312 e. The molecule has 0 aliphatic carbocycles. The predicted molar refractivity (Wildman–Crippen MR) is 60.9 cm³/mol. The van der Waals surface area contributed by atoms with E-state index in [1.807, 2.05) is 11.4 Å². The number of alkyl halides is 3. The van der Waals surface area contributed by atoms with Crippen LogP contribution in [0, 0.1) is 0 Å². The summed E-state index contributed by atoms with van der Waals surface area (Å²) in [6.45, 7) is 1.27. The van der Waals surface area contributed by atoms with Crippen molar-refractivity contribution in [3.05, 3.63) is 21.3 Å². The Morgan fingerprint density at radius 1 is 1.31 bits per heavy atom. The van der Waals surface area contributed by atoms with E-state index in [1.165, 1.54) is 0 Å². The molecule has 0 radical (unpaired) electrons. The van der Waals surface area contributed by atoms with Gasteiger partial charge in [0.1, 0.15) is 0 Å². The molecular weight excluding hydrogens is 259 g/mol. The van der Waals surface area contributed by atoms with Gasteiger partial charge in [-0.1, -0.05) is 11.6 Å². The van der Waals surface area contributed by atoms with Crippen molar-refractivity contribution in [2.45, 2.75) is 32.0 Å². The van der Waals surface area contributed by atoms with Gasteiger partial charge in [-0.15, -0.1) is 11.3 Å². The van der Waals surface area contributed by atoms with E-state index < -0.39 is 12.6 Å². The highest BCUT2D eigenvalue weighted by Crippen LogP contribution is 2.22. The average molecular weight is 272 g/mol. The molecule has 1 heterocycles. The molecule has 0 unspecified atom stereocenters. The van der Waals surface area contributed by atoms with Crippen molar-refractivity contribution in [3.8, 4) is 0 Å². The van der Waals surface area contributed by atoms with Gasteiger partial charge >= 0.3 is 6.18 Å².